The van der Waals surface area contributed by atoms with Gasteiger partial charge in [-0.15, -0.1) is 5.10 Å². The molecule has 3 aromatic rings. The summed E-state index contributed by atoms with van der Waals surface area (Å²) in [5.74, 6) is 0.640. The number of amides is 2. The number of aromatic nitrogens is 2. The number of carbonyl (C=O) groups excluding carboxylic acids is 2. The molecule has 8 nitrogen and oxygen atoms in total. The molecule has 0 bridgehead atoms. The summed E-state index contributed by atoms with van der Waals surface area (Å²) in [6.07, 6.45) is 6.25. The van der Waals surface area contributed by atoms with E-state index in [-0.39, 0.29) is 23.6 Å². The Morgan fingerprint density at radius 3 is 2.52 bits per heavy atom. The minimum Gasteiger partial charge on any atom is -0.465 e. The van der Waals surface area contributed by atoms with E-state index in [0.29, 0.717) is 24.4 Å². The standard InChI is InChI=1S/C23H23N5O3/c29-22(17-6-2-1-3-7-17)26-20(16-19-8-5-15-31-19)23(30)28-13-10-18(11-14-28)25-21-9-4-12-24-27-21/h1-9,12,15-16,18H,10-11,13-14H2,(H,25,27)(H,26,29)/b20-16+. The van der Waals surface area contributed by atoms with E-state index in [0.717, 1.165) is 18.7 Å². The van der Waals surface area contributed by atoms with Crippen LogP contribution in [0.2, 0.25) is 0 Å². The summed E-state index contributed by atoms with van der Waals surface area (Å²) in [5, 5.41) is 14.0. The number of anilines is 1. The Kier molecular flexibility index (Phi) is 6.37. The molecule has 0 atom stereocenters. The lowest BCUT2D eigenvalue weighted by Gasteiger charge is -2.33. The number of nitrogens with zero attached hydrogens (tertiary/aromatic N) is 3. The van der Waals surface area contributed by atoms with Crippen molar-refractivity contribution < 1.29 is 14.0 Å². The first kappa shape index (κ1) is 20.3. The molecular formula is C23H23N5O3. The maximum atomic E-state index is 13.2. The van der Waals surface area contributed by atoms with E-state index in [1.807, 2.05) is 18.2 Å². The van der Waals surface area contributed by atoms with E-state index >= 15 is 0 Å². The monoisotopic (exact) mass is 417 g/mol. The second-order valence-corrected chi connectivity index (χ2v) is 7.21. The summed E-state index contributed by atoms with van der Waals surface area (Å²) in [7, 11) is 0. The van der Waals surface area contributed by atoms with Gasteiger partial charge in [0.25, 0.3) is 11.8 Å². The van der Waals surface area contributed by atoms with Crippen LogP contribution in [0.25, 0.3) is 6.08 Å². The first-order valence-corrected chi connectivity index (χ1v) is 10.1. The van der Waals surface area contributed by atoms with Crippen molar-refractivity contribution in [2.24, 2.45) is 0 Å². The van der Waals surface area contributed by atoms with Crippen molar-refractivity contribution in [2.75, 3.05) is 18.4 Å². The van der Waals surface area contributed by atoms with Gasteiger partial charge in [-0.2, -0.15) is 5.10 Å². The van der Waals surface area contributed by atoms with E-state index in [1.165, 1.54) is 6.26 Å². The third-order valence-electron chi connectivity index (χ3n) is 5.05. The summed E-state index contributed by atoms with van der Waals surface area (Å²) in [6, 6.07) is 16.2. The molecule has 8 heteroatoms. The summed E-state index contributed by atoms with van der Waals surface area (Å²) >= 11 is 0. The van der Waals surface area contributed by atoms with Gasteiger partial charge in [-0.25, -0.2) is 0 Å². The fraction of sp³-hybridized carbons (Fsp3) is 0.217. The fourth-order valence-corrected chi connectivity index (χ4v) is 3.44. The maximum absolute atomic E-state index is 13.2. The Labute approximate surface area is 180 Å². The van der Waals surface area contributed by atoms with Crippen LogP contribution in [0.15, 0.2) is 77.2 Å². The van der Waals surface area contributed by atoms with Gasteiger partial charge in [0, 0.05) is 37.0 Å². The number of likely N-dealkylation sites (tertiary alicyclic amines) is 1. The van der Waals surface area contributed by atoms with Crippen molar-refractivity contribution in [1.29, 1.82) is 0 Å². The Bertz CT molecular complexity index is 1030. The zero-order chi connectivity index (χ0) is 21.5. The van der Waals surface area contributed by atoms with E-state index < -0.39 is 0 Å². The first-order chi connectivity index (χ1) is 15.2. The first-order valence-electron chi connectivity index (χ1n) is 10.1. The third kappa shape index (κ3) is 5.36. The Morgan fingerprint density at radius 2 is 1.84 bits per heavy atom. The van der Waals surface area contributed by atoms with Crippen LogP contribution in [0.4, 0.5) is 5.82 Å². The molecule has 0 unspecified atom stereocenters. The number of benzene rings is 1. The molecule has 1 fully saturated rings. The van der Waals surface area contributed by atoms with Gasteiger partial charge >= 0.3 is 0 Å². The Morgan fingerprint density at radius 1 is 1.03 bits per heavy atom. The molecule has 2 amide bonds. The van der Waals surface area contributed by atoms with Crippen LogP contribution in [0.1, 0.15) is 29.0 Å². The SMILES string of the molecule is O=C(N/C(=C/c1ccco1)C(=O)N1CCC(Nc2cccnn2)CC1)c1ccccc1. The zero-order valence-corrected chi connectivity index (χ0v) is 16.9. The predicted molar refractivity (Wildman–Crippen MR) is 116 cm³/mol. The van der Waals surface area contributed by atoms with Crippen molar-refractivity contribution in [3.05, 3.63) is 84.1 Å². The van der Waals surface area contributed by atoms with Gasteiger partial charge in [0.2, 0.25) is 0 Å². The van der Waals surface area contributed by atoms with Gasteiger partial charge in [0.15, 0.2) is 0 Å². The molecule has 1 saturated heterocycles. The quantitative estimate of drug-likeness (QED) is 0.598. The van der Waals surface area contributed by atoms with Gasteiger partial charge in [-0.05, 0) is 49.2 Å². The average Bonchev–Trinajstić information content (AvgIpc) is 3.33. The highest BCUT2D eigenvalue weighted by Gasteiger charge is 2.26. The van der Waals surface area contributed by atoms with Crippen molar-refractivity contribution in [1.82, 2.24) is 20.4 Å². The lowest BCUT2D eigenvalue weighted by molar-refractivity contribution is -0.128. The van der Waals surface area contributed by atoms with Gasteiger partial charge in [-0.1, -0.05) is 18.2 Å². The predicted octanol–water partition coefficient (Wildman–Crippen LogP) is 2.94. The molecule has 2 aromatic heterocycles. The molecule has 1 aliphatic heterocycles. The summed E-state index contributed by atoms with van der Waals surface area (Å²) in [4.78, 5) is 27.6. The second-order valence-electron chi connectivity index (χ2n) is 7.21. The molecule has 0 radical (unpaired) electrons. The molecule has 0 aliphatic carbocycles. The summed E-state index contributed by atoms with van der Waals surface area (Å²) in [6.45, 7) is 1.13. The van der Waals surface area contributed by atoms with Crippen molar-refractivity contribution in [3.63, 3.8) is 0 Å². The lowest BCUT2D eigenvalue weighted by Crippen LogP contribution is -2.45. The molecule has 31 heavy (non-hydrogen) atoms. The van der Waals surface area contributed by atoms with Gasteiger partial charge in [-0.3, -0.25) is 9.59 Å². The molecule has 0 spiro atoms. The number of rotatable bonds is 6. The number of hydrogen-bond donors (Lipinski definition) is 2. The topological polar surface area (TPSA) is 100 Å². The number of furan rings is 1. The molecule has 2 N–H and O–H groups in total. The van der Waals surface area contributed by atoms with Crippen LogP contribution < -0.4 is 10.6 Å². The van der Waals surface area contributed by atoms with E-state index in [4.69, 9.17) is 4.42 Å². The van der Waals surface area contributed by atoms with E-state index in [1.54, 1.807) is 53.6 Å². The van der Waals surface area contributed by atoms with Gasteiger partial charge < -0.3 is 20.0 Å². The molecule has 3 heterocycles. The normalized spacial score (nSPS) is 14.8. The molecule has 4 rings (SSSR count). The summed E-state index contributed by atoms with van der Waals surface area (Å²) in [5.41, 5.74) is 0.664. The summed E-state index contributed by atoms with van der Waals surface area (Å²) < 4.78 is 5.35. The minimum absolute atomic E-state index is 0.184. The van der Waals surface area contributed by atoms with E-state index in [2.05, 4.69) is 20.8 Å². The minimum atomic E-state index is -0.342. The second kappa shape index (κ2) is 9.71. The fourth-order valence-electron chi connectivity index (χ4n) is 3.44. The van der Waals surface area contributed by atoms with Crippen molar-refractivity contribution in [2.45, 2.75) is 18.9 Å². The number of nitrogens with one attached hydrogen (secondary N) is 2. The average molecular weight is 417 g/mol. The highest BCUT2D eigenvalue weighted by atomic mass is 16.3. The zero-order valence-electron chi connectivity index (χ0n) is 16.9. The number of carbonyl (C=O) groups is 2. The van der Waals surface area contributed by atoms with Crippen molar-refractivity contribution >= 4 is 23.7 Å². The third-order valence-corrected chi connectivity index (χ3v) is 5.05. The molecule has 158 valence electrons. The highest BCUT2D eigenvalue weighted by molar-refractivity contribution is 6.05. The molecular weight excluding hydrogens is 394 g/mol. The highest BCUT2D eigenvalue weighted by Crippen LogP contribution is 2.17. The van der Waals surface area contributed by atoms with Crippen LogP contribution in [0.5, 0.6) is 0 Å². The maximum Gasteiger partial charge on any atom is 0.270 e. The lowest BCUT2D eigenvalue weighted by atomic mass is 10.0. The smallest absolute Gasteiger partial charge is 0.270 e. The van der Waals surface area contributed by atoms with Crippen LogP contribution in [0, 0.1) is 0 Å². The Balaban J connectivity index is 1.43. The van der Waals surface area contributed by atoms with Crippen molar-refractivity contribution in [3.8, 4) is 0 Å². The van der Waals surface area contributed by atoms with Gasteiger partial charge in [0.05, 0.1) is 6.26 Å². The van der Waals surface area contributed by atoms with Crippen LogP contribution in [-0.2, 0) is 4.79 Å². The molecule has 1 aliphatic rings. The molecule has 0 saturated carbocycles. The van der Waals surface area contributed by atoms with E-state index in [9.17, 15) is 9.59 Å². The molecule has 1 aromatic carbocycles. The van der Waals surface area contributed by atoms with Crippen LogP contribution >= 0.6 is 0 Å². The largest absolute Gasteiger partial charge is 0.465 e. The van der Waals surface area contributed by atoms with Gasteiger partial charge in [0.1, 0.15) is 17.3 Å². The van der Waals surface area contributed by atoms with Crippen LogP contribution in [0.3, 0.4) is 0 Å². The Hall–Kier alpha value is -3.94. The van der Waals surface area contributed by atoms with Crippen LogP contribution in [-0.4, -0.2) is 46.0 Å². The number of piperidine rings is 1. The number of hydrogen-bond acceptors (Lipinski definition) is 6.